The summed E-state index contributed by atoms with van der Waals surface area (Å²) in [5.41, 5.74) is 10.1. The average molecular weight is 572 g/mol. The molecule has 0 bridgehead atoms. The summed E-state index contributed by atoms with van der Waals surface area (Å²) in [6.45, 7) is 1.23. The zero-order chi connectivity index (χ0) is 28.8. The number of rotatable bonds is 8. The number of carbonyl (C=O) groups is 3. The number of anilines is 1. The van der Waals surface area contributed by atoms with Crippen LogP contribution in [0.3, 0.4) is 0 Å². The van der Waals surface area contributed by atoms with Crippen molar-refractivity contribution in [2.75, 3.05) is 5.32 Å². The lowest BCUT2D eigenvalue weighted by atomic mass is 10.0. The van der Waals surface area contributed by atoms with Crippen LogP contribution in [0, 0.1) is 0 Å². The first-order valence-electron chi connectivity index (χ1n) is 13.1. The van der Waals surface area contributed by atoms with Crippen LogP contribution in [0.1, 0.15) is 28.1 Å². The number of imidazole rings is 1. The molecule has 1 aromatic heterocycles. The maximum absolute atomic E-state index is 13.5. The number of fused-ring (bicyclic) bond motifs is 1. The fraction of sp³-hybridized carbons (Fsp3) is 0.200. The molecule has 4 aromatic rings. The minimum atomic E-state index is -0.769. The first-order chi connectivity index (χ1) is 19.9. The molecule has 0 radical (unpaired) electrons. The van der Waals surface area contributed by atoms with Gasteiger partial charge in [-0.3, -0.25) is 4.79 Å². The van der Waals surface area contributed by atoms with Gasteiger partial charge in [0.15, 0.2) is 0 Å². The maximum Gasteiger partial charge on any atom is 0.322 e. The average Bonchev–Trinajstić information content (AvgIpc) is 3.37. The summed E-state index contributed by atoms with van der Waals surface area (Å²) >= 11 is 6.40. The van der Waals surface area contributed by atoms with Gasteiger partial charge in [0.25, 0.3) is 0 Å². The van der Waals surface area contributed by atoms with Crippen molar-refractivity contribution in [3.63, 3.8) is 0 Å². The Morgan fingerprint density at radius 3 is 2.37 bits per heavy atom. The number of amides is 5. The maximum atomic E-state index is 13.5. The van der Waals surface area contributed by atoms with Crippen LogP contribution in [0.5, 0.6) is 0 Å². The Balaban J connectivity index is 1.35. The minimum absolute atomic E-state index is 0.199. The molecule has 2 heterocycles. The van der Waals surface area contributed by atoms with E-state index in [1.807, 2.05) is 71.3 Å². The smallest absolute Gasteiger partial charge is 0.322 e. The molecule has 0 saturated heterocycles. The second kappa shape index (κ2) is 12.6. The van der Waals surface area contributed by atoms with Gasteiger partial charge in [-0.2, -0.15) is 0 Å². The van der Waals surface area contributed by atoms with E-state index in [0.717, 1.165) is 28.1 Å². The fourth-order valence-electron chi connectivity index (χ4n) is 4.82. The van der Waals surface area contributed by atoms with Crippen LogP contribution in [0.4, 0.5) is 15.3 Å². The Kier molecular flexibility index (Phi) is 8.50. The summed E-state index contributed by atoms with van der Waals surface area (Å²) in [7, 11) is 0. The lowest BCUT2D eigenvalue weighted by molar-refractivity contribution is -0.126. The molecule has 3 aromatic carbocycles. The number of hydrogen-bond acceptors (Lipinski definition) is 4. The van der Waals surface area contributed by atoms with Crippen molar-refractivity contribution in [2.45, 2.75) is 38.6 Å². The van der Waals surface area contributed by atoms with Crippen molar-refractivity contribution < 1.29 is 14.4 Å². The second-order valence-electron chi connectivity index (χ2n) is 9.76. The molecule has 0 spiro atoms. The van der Waals surface area contributed by atoms with Gasteiger partial charge in [0, 0.05) is 30.2 Å². The summed E-state index contributed by atoms with van der Waals surface area (Å²) in [6.07, 6.45) is 1.99. The molecule has 5 rings (SSSR count). The topological polar surface area (TPSA) is 134 Å². The van der Waals surface area contributed by atoms with Crippen LogP contribution in [0.2, 0.25) is 5.02 Å². The predicted molar refractivity (Wildman–Crippen MR) is 156 cm³/mol. The van der Waals surface area contributed by atoms with Gasteiger partial charge in [-0.1, -0.05) is 72.3 Å². The highest BCUT2D eigenvalue weighted by Gasteiger charge is 2.37. The molecule has 0 saturated carbocycles. The van der Waals surface area contributed by atoms with Gasteiger partial charge in [0.05, 0.1) is 30.8 Å². The molecule has 1 unspecified atom stereocenters. The van der Waals surface area contributed by atoms with Crippen LogP contribution in [-0.2, 0) is 37.4 Å². The van der Waals surface area contributed by atoms with Crippen LogP contribution < -0.4 is 21.7 Å². The molecule has 11 heteroatoms. The summed E-state index contributed by atoms with van der Waals surface area (Å²) in [5, 5.41) is 9.09. The Labute approximate surface area is 242 Å². The molecular weight excluding hydrogens is 542 g/mol. The summed E-state index contributed by atoms with van der Waals surface area (Å²) in [6, 6.07) is 22.4. The Hall–Kier alpha value is -4.83. The van der Waals surface area contributed by atoms with Gasteiger partial charge in [-0.05, 0) is 34.9 Å². The van der Waals surface area contributed by atoms with Gasteiger partial charge in [-0.15, -0.1) is 0 Å². The quantitative estimate of drug-likeness (QED) is 0.254. The summed E-state index contributed by atoms with van der Waals surface area (Å²) < 4.78 is 1.97. The second-order valence-corrected chi connectivity index (χ2v) is 10.2. The highest BCUT2D eigenvalue weighted by atomic mass is 35.5. The highest BCUT2D eigenvalue weighted by molar-refractivity contribution is 6.31. The lowest BCUT2D eigenvalue weighted by Crippen LogP contribution is -2.54. The summed E-state index contributed by atoms with van der Waals surface area (Å²) in [5.74, 6) is -0.292. The largest absolute Gasteiger partial charge is 0.352 e. The third-order valence-corrected chi connectivity index (χ3v) is 7.30. The van der Waals surface area contributed by atoms with Crippen LogP contribution in [0.25, 0.3) is 0 Å². The Morgan fingerprint density at radius 1 is 0.927 bits per heavy atom. The molecule has 0 aliphatic carbocycles. The van der Waals surface area contributed by atoms with E-state index in [0.29, 0.717) is 17.3 Å². The number of benzene rings is 3. The van der Waals surface area contributed by atoms with E-state index in [-0.39, 0.29) is 38.0 Å². The molecule has 0 fully saturated rings. The number of aromatic nitrogens is 2. The number of nitrogens with zero attached hydrogens (tertiary/aromatic N) is 3. The van der Waals surface area contributed by atoms with E-state index in [1.165, 1.54) is 0 Å². The summed E-state index contributed by atoms with van der Waals surface area (Å²) in [4.78, 5) is 44.2. The number of nitrogens with two attached hydrogens (primary N) is 1. The molecule has 41 heavy (non-hydrogen) atoms. The van der Waals surface area contributed by atoms with Crippen molar-refractivity contribution in [2.24, 2.45) is 5.73 Å². The number of urea groups is 2. The van der Waals surface area contributed by atoms with Crippen molar-refractivity contribution in [1.29, 1.82) is 0 Å². The zero-order valence-electron chi connectivity index (χ0n) is 22.2. The Bertz CT molecular complexity index is 1560. The van der Waals surface area contributed by atoms with Gasteiger partial charge in [-0.25, -0.2) is 14.6 Å². The molecule has 5 amide bonds. The van der Waals surface area contributed by atoms with Gasteiger partial charge in [0.2, 0.25) is 5.91 Å². The minimum Gasteiger partial charge on any atom is -0.352 e. The van der Waals surface area contributed by atoms with E-state index in [1.54, 1.807) is 23.4 Å². The van der Waals surface area contributed by atoms with E-state index >= 15 is 0 Å². The van der Waals surface area contributed by atoms with Crippen molar-refractivity contribution in [3.05, 3.63) is 118 Å². The number of primary amides is 1. The van der Waals surface area contributed by atoms with E-state index in [4.69, 9.17) is 17.3 Å². The highest BCUT2D eigenvalue weighted by Crippen LogP contribution is 2.26. The molecule has 1 aliphatic heterocycles. The number of carbonyl (C=O) groups excluding carboxylic acids is 3. The normalized spacial score (nSPS) is 14.2. The van der Waals surface area contributed by atoms with E-state index in [9.17, 15) is 14.4 Å². The third kappa shape index (κ3) is 6.85. The lowest BCUT2D eigenvalue weighted by Gasteiger charge is -2.35. The monoisotopic (exact) mass is 571 g/mol. The van der Waals surface area contributed by atoms with Gasteiger partial charge < -0.3 is 31.2 Å². The third-order valence-electron chi connectivity index (χ3n) is 6.93. The van der Waals surface area contributed by atoms with Gasteiger partial charge >= 0.3 is 12.1 Å². The number of halogens is 1. The van der Waals surface area contributed by atoms with Gasteiger partial charge in [0.1, 0.15) is 6.04 Å². The van der Waals surface area contributed by atoms with E-state index in [2.05, 4.69) is 20.9 Å². The van der Waals surface area contributed by atoms with Crippen molar-refractivity contribution in [1.82, 2.24) is 25.1 Å². The first kappa shape index (κ1) is 27.7. The fourth-order valence-corrected chi connectivity index (χ4v) is 5.02. The molecule has 1 atom stereocenters. The van der Waals surface area contributed by atoms with E-state index < -0.39 is 12.1 Å². The van der Waals surface area contributed by atoms with Crippen molar-refractivity contribution >= 4 is 35.3 Å². The first-order valence-corrected chi connectivity index (χ1v) is 13.5. The standard InChI is InChI=1S/C30H30ClN7O3/c31-24-12-5-4-9-22(24)17-37-19-35-25-14-26(38(18-27(25)37)30(41)36-23-10-2-1-3-11-23)28(39)33-15-20-7-6-8-21(13-20)16-34-29(32)40/h1-13,19,26H,14-18H2,(H,33,39)(H,36,41)(H3,32,34,40). The van der Waals surface area contributed by atoms with Crippen LogP contribution in [-0.4, -0.2) is 38.5 Å². The molecule has 1 aliphatic rings. The predicted octanol–water partition coefficient (Wildman–Crippen LogP) is 4.03. The number of nitrogens with one attached hydrogen (secondary N) is 3. The molecule has 5 N–H and O–H groups in total. The number of para-hydroxylation sites is 1. The van der Waals surface area contributed by atoms with Crippen LogP contribution in [0.15, 0.2) is 85.2 Å². The van der Waals surface area contributed by atoms with Crippen molar-refractivity contribution in [3.8, 4) is 0 Å². The Morgan fingerprint density at radius 2 is 1.63 bits per heavy atom. The molecule has 210 valence electrons. The zero-order valence-corrected chi connectivity index (χ0v) is 23.0. The molecular formula is C30H30ClN7O3. The number of hydrogen-bond donors (Lipinski definition) is 4. The molecule has 10 nitrogen and oxygen atoms in total. The van der Waals surface area contributed by atoms with Crippen LogP contribution >= 0.6 is 11.6 Å². The SMILES string of the molecule is NC(=O)NCc1cccc(CNC(=O)C2Cc3ncn(Cc4ccccc4Cl)c3CN2C(=O)Nc2ccccc2)c1.